The van der Waals surface area contributed by atoms with Crippen LogP contribution in [0.1, 0.15) is 56.4 Å². The zero-order valence-electron chi connectivity index (χ0n) is 27.6. The minimum absolute atomic E-state index is 0. The lowest BCUT2D eigenvalue weighted by molar-refractivity contribution is -0.681. The summed E-state index contributed by atoms with van der Waals surface area (Å²) in [7, 11) is 0. The predicted molar refractivity (Wildman–Crippen MR) is 189 cm³/mol. The standard InChI is InChI=1S/C32H48N12O.2CH4/c1-7-39(29-17-13-27(14-18-29)35-37-31-41(9-3)25-33-43(31)11-5)21-23-45-24-22-40(8-2)30-19-15-28(16-20-30)36-38-32-42(10-4)26-34-44(32)12-6;;/h13-20,25-26H,7-12,21-24H2,1-6H3;2*1H4/q+2;;. The summed E-state index contributed by atoms with van der Waals surface area (Å²) in [6.07, 6.45) is 3.58. The molecule has 4 aromatic rings. The molecule has 0 spiro atoms. The maximum Gasteiger partial charge on any atom is 0.403 e. The molecule has 2 aromatic heterocycles. The van der Waals surface area contributed by atoms with Crippen LogP contribution >= 0.6 is 0 Å². The molecule has 0 aliphatic heterocycles. The first-order valence-electron chi connectivity index (χ1n) is 16.1. The number of aromatic nitrogens is 6. The number of anilines is 2. The Balaban J connectivity index is 0.00000384. The van der Waals surface area contributed by atoms with Crippen molar-refractivity contribution in [3.05, 3.63) is 61.2 Å². The average molecular weight is 649 g/mol. The van der Waals surface area contributed by atoms with Gasteiger partial charge in [0, 0.05) is 47.8 Å². The molecule has 0 fully saturated rings. The molecule has 13 nitrogen and oxygen atoms in total. The zero-order valence-corrected chi connectivity index (χ0v) is 27.6. The van der Waals surface area contributed by atoms with Crippen molar-refractivity contribution in [3.8, 4) is 0 Å². The van der Waals surface area contributed by atoms with Gasteiger partial charge in [-0.2, -0.15) is 0 Å². The van der Waals surface area contributed by atoms with Gasteiger partial charge in [0.05, 0.1) is 50.8 Å². The van der Waals surface area contributed by atoms with E-state index in [-0.39, 0.29) is 14.9 Å². The molecule has 2 aromatic carbocycles. The SMILES string of the molecule is C.C.CCN(CCOCCN(CC)c1ccc(N=Nc2n(CC)nc[n+]2CC)cc1)c1ccc(N=Nc2n(CC)nc[n+]2CC)cc1. The van der Waals surface area contributed by atoms with Crippen LogP contribution in [0.25, 0.3) is 0 Å². The second-order valence-electron chi connectivity index (χ2n) is 10.3. The van der Waals surface area contributed by atoms with Gasteiger partial charge in [0.25, 0.3) is 0 Å². The number of rotatable bonds is 18. The Morgan fingerprint density at radius 3 is 1.30 bits per heavy atom. The number of nitrogens with zero attached hydrogens (tertiary/aromatic N) is 12. The summed E-state index contributed by atoms with van der Waals surface area (Å²) in [6, 6.07) is 16.3. The number of hydrogen-bond acceptors (Lipinski definition) is 9. The van der Waals surface area contributed by atoms with E-state index in [1.807, 2.05) is 56.6 Å². The first kappa shape index (κ1) is 38.7. The van der Waals surface area contributed by atoms with E-state index >= 15 is 0 Å². The van der Waals surface area contributed by atoms with Crippen LogP contribution in [-0.2, 0) is 30.9 Å². The summed E-state index contributed by atoms with van der Waals surface area (Å²) in [5, 5.41) is 26.5. The normalized spacial score (nSPS) is 11.2. The fraction of sp³-hybridized carbons (Fsp3) is 0.529. The molecule has 0 saturated heterocycles. The van der Waals surface area contributed by atoms with E-state index in [9.17, 15) is 0 Å². The molecule has 0 N–H and O–H groups in total. The molecule has 0 aliphatic carbocycles. The first-order chi connectivity index (χ1) is 22.0. The Kier molecular flexibility index (Phi) is 16.3. The molecular formula is C34H56N12O+2. The number of benzene rings is 2. The number of hydrogen-bond donors (Lipinski definition) is 0. The van der Waals surface area contributed by atoms with Crippen molar-refractivity contribution >= 4 is 34.6 Å². The molecule has 0 atom stereocenters. The maximum absolute atomic E-state index is 6.06. The lowest BCUT2D eigenvalue weighted by Gasteiger charge is -2.25. The quantitative estimate of drug-likeness (QED) is 0.0644. The van der Waals surface area contributed by atoms with Gasteiger partial charge in [-0.3, -0.25) is 0 Å². The Morgan fingerprint density at radius 1 is 0.596 bits per heavy atom. The van der Waals surface area contributed by atoms with Crippen LogP contribution in [0.5, 0.6) is 0 Å². The number of likely N-dealkylation sites (N-methyl/N-ethyl adjacent to an activating group) is 2. The van der Waals surface area contributed by atoms with Crippen molar-refractivity contribution in [1.82, 2.24) is 19.6 Å². The van der Waals surface area contributed by atoms with Gasteiger partial charge in [-0.1, -0.05) is 25.1 Å². The maximum atomic E-state index is 6.06. The van der Waals surface area contributed by atoms with Crippen LogP contribution < -0.4 is 18.9 Å². The summed E-state index contributed by atoms with van der Waals surface area (Å²) in [4.78, 5) is 4.61. The molecule has 0 aliphatic rings. The van der Waals surface area contributed by atoms with E-state index in [0.717, 1.165) is 87.0 Å². The highest BCUT2D eigenvalue weighted by molar-refractivity contribution is 5.53. The Labute approximate surface area is 281 Å². The highest BCUT2D eigenvalue weighted by atomic mass is 16.5. The summed E-state index contributed by atoms with van der Waals surface area (Å²) >= 11 is 0. The second-order valence-corrected chi connectivity index (χ2v) is 10.3. The fourth-order valence-corrected chi connectivity index (χ4v) is 4.92. The van der Waals surface area contributed by atoms with E-state index in [2.05, 4.69) is 92.4 Å². The lowest BCUT2D eigenvalue weighted by atomic mass is 10.2. The highest BCUT2D eigenvalue weighted by Crippen LogP contribution is 2.23. The average Bonchev–Trinajstić information content (AvgIpc) is 3.69. The van der Waals surface area contributed by atoms with Gasteiger partial charge >= 0.3 is 11.9 Å². The third-order valence-electron chi connectivity index (χ3n) is 7.63. The van der Waals surface area contributed by atoms with E-state index in [1.54, 1.807) is 12.7 Å². The highest BCUT2D eigenvalue weighted by Gasteiger charge is 2.17. The van der Waals surface area contributed by atoms with Gasteiger partial charge in [0.15, 0.2) is 0 Å². The number of aryl methyl sites for hydroxylation is 4. The van der Waals surface area contributed by atoms with Crippen molar-refractivity contribution < 1.29 is 13.9 Å². The predicted octanol–water partition coefficient (Wildman–Crippen LogP) is 7.21. The molecule has 256 valence electrons. The van der Waals surface area contributed by atoms with Crippen molar-refractivity contribution in [2.75, 3.05) is 49.2 Å². The van der Waals surface area contributed by atoms with E-state index in [4.69, 9.17) is 4.74 Å². The monoisotopic (exact) mass is 648 g/mol. The van der Waals surface area contributed by atoms with Crippen LogP contribution in [0.4, 0.5) is 34.6 Å². The molecule has 4 rings (SSSR count). The van der Waals surface area contributed by atoms with Crippen LogP contribution in [0.3, 0.4) is 0 Å². The van der Waals surface area contributed by atoms with Crippen LogP contribution in [-0.4, -0.2) is 59.0 Å². The molecular weight excluding hydrogens is 592 g/mol. The largest absolute Gasteiger partial charge is 0.403 e. The van der Waals surface area contributed by atoms with E-state index < -0.39 is 0 Å². The molecule has 0 saturated carbocycles. The third-order valence-corrected chi connectivity index (χ3v) is 7.63. The van der Waals surface area contributed by atoms with Crippen LogP contribution in [0.15, 0.2) is 81.6 Å². The van der Waals surface area contributed by atoms with Gasteiger partial charge in [-0.25, -0.2) is 9.13 Å². The van der Waals surface area contributed by atoms with Crippen LogP contribution in [0, 0.1) is 0 Å². The molecule has 0 radical (unpaired) electrons. The van der Waals surface area contributed by atoms with Gasteiger partial charge < -0.3 is 14.5 Å². The smallest absolute Gasteiger partial charge is 0.378 e. The first-order valence-corrected chi connectivity index (χ1v) is 16.1. The zero-order chi connectivity index (χ0) is 32.0. The Morgan fingerprint density at radius 2 is 0.979 bits per heavy atom. The fourth-order valence-electron chi connectivity index (χ4n) is 4.92. The third kappa shape index (κ3) is 10.2. The van der Waals surface area contributed by atoms with Crippen LogP contribution in [0.2, 0.25) is 0 Å². The minimum Gasteiger partial charge on any atom is -0.378 e. The Hall–Kier alpha value is -4.52. The minimum atomic E-state index is 0. The van der Waals surface area contributed by atoms with Crippen molar-refractivity contribution in [2.45, 2.75) is 82.6 Å². The van der Waals surface area contributed by atoms with Crippen molar-refractivity contribution in [1.29, 1.82) is 0 Å². The molecule has 0 amide bonds. The lowest BCUT2D eigenvalue weighted by Crippen LogP contribution is -2.30. The molecule has 0 unspecified atom stereocenters. The molecule has 2 heterocycles. The topological polar surface area (TPSA) is 109 Å². The number of azo groups is 2. The van der Waals surface area contributed by atoms with Gasteiger partial charge in [-0.05, 0) is 100 Å². The van der Waals surface area contributed by atoms with Gasteiger partial charge in [-0.15, -0.1) is 9.36 Å². The molecule has 0 bridgehead atoms. The van der Waals surface area contributed by atoms with E-state index in [1.165, 1.54) is 0 Å². The van der Waals surface area contributed by atoms with Crippen molar-refractivity contribution in [3.63, 3.8) is 0 Å². The summed E-state index contributed by atoms with van der Waals surface area (Å²) in [5.41, 5.74) is 3.89. The molecule has 47 heavy (non-hydrogen) atoms. The summed E-state index contributed by atoms with van der Waals surface area (Å²) in [6.45, 7) is 20.3. The van der Waals surface area contributed by atoms with E-state index in [0.29, 0.717) is 13.2 Å². The van der Waals surface area contributed by atoms with Crippen molar-refractivity contribution in [2.24, 2.45) is 20.5 Å². The summed E-state index contributed by atoms with van der Waals surface area (Å²) in [5.74, 6) is 1.50. The van der Waals surface area contributed by atoms with Gasteiger partial charge in [0.2, 0.25) is 12.7 Å². The Bertz CT molecular complexity index is 1350. The summed E-state index contributed by atoms with van der Waals surface area (Å²) < 4.78 is 13.7. The molecule has 13 heteroatoms. The van der Waals surface area contributed by atoms with Gasteiger partial charge in [0.1, 0.15) is 0 Å². The second kappa shape index (κ2) is 19.9. The number of ether oxygens (including phenoxy) is 1.